The number of β-amino-alcohol motifs (C(OH)–C–C–N with tert-alkyl or cyclic N) is 1. The SMILES string of the molecule is CCC1(C(=O)O)CCCN(CC(O)C(F)(F)F)C1. The summed E-state index contributed by atoms with van der Waals surface area (Å²) in [4.78, 5) is 12.6. The van der Waals surface area contributed by atoms with Crippen LogP contribution in [0.3, 0.4) is 0 Å². The molecule has 2 unspecified atom stereocenters. The minimum Gasteiger partial charge on any atom is -0.481 e. The first kappa shape index (κ1) is 15.2. The number of piperidine rings is 1. The molecule has 1 rings (SSSR count). The second-order valence-electron chi connectivity index (χ2n) is 4.84. The molecule has 1 saturated heterocycles. The van der Waals surface area contributed by atoms with Gasteiger partial charge in [0.05, 0.1) is 5.41 Å². The fraction of sp³-hybridized carbons (Fsp3) is 0.909. The lowest BCUT2D eigenvalue weighted by atomic mass is 9.77. The molecule has 0 amide bonds. The first-order valence-electron chi connectivity index (χ1n) is 5.92. The van der Waals surface area contributed by atoms with Crippen molar-refractivity contribution in [2.24, 2.45) is 5.41 Å². The minimum atomic E-state index is -4.66. The number of carboxylic acids is 1. The van der Waals surface area contributed by atoms with Crippen LogP contribution >= 0.6 is 0 Å². The zero-order valence-electron chi connectivity index (χ0n) is 10.2. The second kappa shape index (κ2) is 5.44. The molecule has 1 fully saturated rings. The van der Waals surface area contributed by atoms with Crippen molar-refractivity contribution in [3.63, 3.8) is 0 Å². The van der Waals surface area contributed by atoms with Crippen molar-refractivity contribution in [2.75, 3.05) is 19.6 Å². The average Bonchev–Trinajstić information content (AvgIpc) is 2.27. The number of aliphatic carboxylic acids is 1. The van der Waals surface area contributed by atoms with Gasteiger partial charge < -0.3 is 10.2 Å². The molecule has 0 bridgehead atoms. The predicted octanol–water partition coefficient (Wildman–Crippen LogP) is 1.49. The van der Waals surface area contributed by atoms with E-state index in [1.54, 1.807) is 6.92 Å². The van der Waals surface area contributed by atoms with Crippen LogP contribution in [-0.2, 0) is 4.79 Å². The lowest BCUT2D eigenvalue weighted by molar-refractivity contribution is -0.210. The normalized spacial score (nSPS) is 28.1. The molecule has 2 atom stereocenters. The third-order valence-electron chi connectivity index (χ3n) is 3.60. The summed E-state index contributed by atoms with van der Waals surface area (Å²) in [5.74, 6) is -0.976. The molecule has 0 aromatic heterocycles. The van der Waals surface area contributed by atoms with Gasteiger partial charge >= 0.3 is 12.1 Å². The number of aliphatic hydroxyl groups is 1. The third-order valence-corrected chi connectivity index (χ3v) is 3.60. The Hall–Kier alpha value is -0.820. The second-order valence-corrected chi connectivity index (χ2v) is 4.84. The van der Waals surface area contributed by atoms with Crippen molar-refractivity contribution in [1.29, 1.82) is 0 Å². The van der Waals surface area contributed by atoms with Gasteiger partial charge in [0.25, 0.3) is 0 Å². The predicted molar refractivity (Wildman–Crippen MR) is 58.1 cm³/mol. The highest BCUT2D eigenvalue weighted by molar-refractivity contribution is 5.75. The highest BCUT2D eigenvalue weighted by Gasteiger charge is 2.44. The van der Waals surface area contributed by atoms with Crippen LogP contribution in [0.5, 0.6) is 0 Å². The van der Waals surface area contributed by atoms with E-state index in [-0.39, 0.29) is 6.54 Å². The van der Waals surface area contributed by atoms with Crippen molar-refractivity contribution < 1.29 is 28.2 Å². The van der Waals surface area contributed by atoms with Crippen LogP contribution in [0.4, 0.5) is 13.2 Å². The maximum absolute atomic E-state index is 12.2. The monoisotopic (exact) mass is 269 g/mol. The lowest BCUT2D eigenvalue weighted by Crippen LogP contribution is -2.51. The first-order valence-corrected chi connectivity index (χ1v) is 5.92. The van der Waals surface area contributed by atoms with Gasteiger partial charge in [-0.2, -0.15) is 13.2 Å². The molecule has 0 aliphatic carbocycles. The first-order chi connectivity index (χ1) is 8.21. The van der Waals surface area contributed by atoms with E-state index in [0.717, 1.165) is 0 Å². The molecule has 106 valence electrons. The fourth-order valence-electron chi connectivity index (χ4n) is 2.35. The summed E-state index contributed by atoms with van der Waals surface area (Å²) in [7, 11) is 0. The molecule has 1 aliphatic rings. The molecule has 7 heteroatoms. The molecular formula is C11H18F3NO3. The Morgan fingerprint density at radius 3 is 2.56 bits per heavy atom. The summed E-state index contributed by atoms with van der Waals surface area (Å²) >= 11 is 0. The number of hydrogen-bond acceptors (Lipinski definition) is 3. The van der Waals surface area contributed by atoms with Crippen LogP contribution in [-0.4, -0.2) is 53.0 Å². The standard InChI is InChI=1S/C11H18F3NO3/c1-2-10(9(17)18)4-3-5-15(7-10)6-8(16)11(12,13)14/h8,16H,2-7H2,1H3,(H,17,18). The number of aliphatic hydroxyl groups excluding tert-OH is 1. The topological polar surface area (TPSA) is 60.8 Å². The van der Waals surface area contributed by atoms with Crippen molar-refractivity contribution in [2.45, 2.75) is 38.5 Å². The van der Waals surface area contributed by atoms with Gasteiger partial charge in [0.1, 0.15) is 0 Å². The summed E-state index contributed by atoms with van der Waals surface area (Å²) in [5.41, 5.74) is -0.983. The summed E-state index contributed by atoms with van der Waals surface area (Å²) < 4.78 is 36.7. The van der Waals surface area contributed by atoms with Crippen LogP contribution in [0.1, 0.15) is 26.2 Å². The summed E-state index contributed by atoms with van der Waals surface area (Å²) in [5, 5.41) is 18.2. The van der Waals surface area contributed by atoms with Crippen molar-refractivity contribution in [1.82, 2.24) is 4.90 Å². The van der Waals surface area contributed by atoms with E-state index >= 15 is 0 Å². The molecule has 1 heterocycles. The summed E-state index contributed by atoms with van der Waals surface area (Å²) in [6.07, 6.45) is -5.70. The Labute approximate surface area is 103 Å². The van der Waals surface area contributed by atoms with E-state index in [4.69, 9.17) is 5.11 Å². The minimum absolute atomic E-state index is 0.0615. The van der Waals surface area contributed by atoms with Gasteiger partial charge in [0, 0.05) is 13.1 Å². The molecule has 0 saturated carbocycles. The molecular weight excluding hydrogens is 251 g/mol. The number of carboxylic acid groups (broad SMARTS) is 1. The molecule has 0 aromatic carbocycles. The number of halogens is 3. The van der Waals surface area contributed by atoms with Gasteiger partial charge in [-0.1, -0.05) is 6.92 Å². The van der Waals surface area contributed by atoms with Gasteiger partial charge in [-0.15, -0.1) is 0 Å². The summed E-state index contributed by atoms with van der Waals surface area (Å²) in [6.45, 7) is 1.62. The van der Waals surface area contributed by atoms with Crippen LogP contribution in [0.2, 0.25) is 0 Å². The lowest BCUT2D eigenvalue weighted by Gasteiger charge is -2.40. The van der Waals surface area contributed by atoms with Crippen molar-refractivity contribution >= 4 is 5.97 Å². The highest BCUT2D eigenvalue weighted by Crippen LogP contribution is 2.34. The summed E-state index contributed by atoms with van der Waals surface area (Å²) in [6, 6.07) is 0. The number of carbonyl (C=O) groups is 1. The quantitative estimate of drug-likeness (QED) is 0.811. The Morgan fingerprint density at radius 2 is 2.11 bits per heavy atom. The number of alkyl halides is 3. The van der Waals surface area contributed by atoms with Crippen LogP contribution in [0.25, 0.3) is 0 Å². The zero-order valence-corrected chi connectivity index (χ0v) is 10.2. The molecule has 0 aromatic rings. The Morgan fingerprint density at radius 1 is 1.50 bits per heavy atom. The molecule has 0 spiro atoms. The highest BCUT2D eigenvalue weighted by atomic mass is 19.4. The molecule has 2 N–H and O–H groups in total. The molecule has 0 radical (unpaired) electrons. The molecule has 18 heavy (non-hydrogen) atoms. The molecule has 4 nitrogen and oxygen atoms in total. The van der Waals surface area contributed by atoms with Crippen molar-refractivity contribution in [3.05, 3.63) is 0 Å². The van der Waals surface area contributed by atoms with Gasteiger partial charge in [-0.05, 0) is 25.8 Å². The Kier molecular flexibility index (Phi) is 4.61. The van der Waals surface area contributed by atoms with Crippen LogP contribution in [0.15, 0.2) is 0 Å². The van der Waals surface area contributed by atoms with Gasteiger partial charge in [0.15, 0.2) is 6.10 Å². The number of hydrogen-bond donors (Lipinski definition) is 2. The van der Waals surface area contributed by atoms with E-state index in [1.165, 1.54) is 4.90 Å². The maximum Gasteiger partial charge on any atom is 0.415 e. The van der Waals surface area contributed by atoms with E-state index < -0.39 is 30.2 Å². The third kappa shape index (κ3) is 3.35. The largest absolute Gasteiger partial charge is 0.481 e. The molecule has 1 aliphatic heterocycles. The smallest absolute Gasteiger partial charge is 0.415 e. The maximum atomic E-state index is 12.2. The Bertz CT molecular complexity index is 308. The van der Waals surface area contributed by atoms with Gasteiger partial charge in [0.2, 0.25) is 0 Å². The van der Waals surface area contributed by atoms with Crippen molar-refractivity contribution in [3.8, 4) is 0 Å². The fourth-order valence-corrected chi connectivity index (χ4v) is 2.35. The van der Waals surface area contributed by atoms with Crippen LogP contribution < -0.4 is 0 Å². The van der Waals surface area contributed by atoms with E-state index in [9.17, 15) is 23.1 Å². The number of rotatable bonds is 4. The Balaban J connectivity index is 2.67. The van der Waals surface area contributed by atoms with Gasteiger partial charge in [-0.3, -0.25) is 9.69 Å². The van der Waals surface area contributed by atoms with E-state index in [2.05, 4.69) is 0 Å². The van der Waals surface area contributed by atoms with E-state index in [1.807, 2.05) is 0 Å². The average molecular weight is 269 g/mol. The number of nitrogens with zero attached hydrogens (tertiary/aromatic N) is 1. The van der Waals surface area contributed by atoms with E-state index in [0.29, 0.717) is 25.8 Å². The van der Waals surface area contributed by atoms with Crippen LogP contribution in [0, 0.1) is 5.41 Å². The zero-order chi connectivity index (χ0) is 14.0. The van der Waals surface area contributed by atoms with Gasteiger partial charge in [-0.25, -0.2) is 0 Å². The number of likely N-dealkylation sites (tertiary alicyclic amines) is 1.